The van der Waals surface area contributed by atoms with E-state index in [1.165, 1.54) is 0 Å². The molecule has 4 amide bonds. The molecular weight excluding hydrogens is 332 g/mol. The first-order valence-electron chi connectivity index (χ1n) is 8.22. The minimum Gasteiger partial charge on any atom is -0.323 e. The van der Waals surface area contributed by atoms with Crippen LogP contribution in [-0.4, -0.2) is 34.8 Å². The van der Waals surface area contributed by atoms with Crippen LogP contribution in [0.1, 0.15) is 39.5 Å². The second kappa shape index (κ2) is 7.58. The number of carbonyl (C=O) groups is 3. The van der Waals surface area contributed by atoms with E-state index in [2.05, 4.69) is 10.6 Å². The van der Waals surface area contributed by atoms with E-state index in [4.69, 9.17) is 0 Å². The third-order valence-corrected chi connectivity index (χ3v) is 4.10. The number of imide groups is 1. The maximum atomic E-state index is 13.6. The molecule has 0 atom stereocenters. The zero-order chi connectivity index (χ0) is 18.6. The highest BCUT2D eigenvalue weighted by Crippen LogP contribution is 2.28. The van der Waals surface area contributed by atoms with Gasteiger partial charge in [0.25, 0.3) is 5.91 Å². The van der Waals surface area contributed by atoms with Gasteiger partial charge < -0.3 is 10.6 Å². The molecule has 2 rings (SSSR count). The van der Waals surface area contributed by atoms with Gasteiger partial charge in [-0.15, -0.1) is 0 Å². The van der Waals surface area contributed by atoms with Gasteiger partial charge in [-0.05, 0) is 25.0 Å². The van der Waals surface area contributed by atoms with Gasteiger partial charge in [-0.2, -0.15) is 0 Å². The average Bonchev–Trinajstić information content (AvgIpc) is 2.76. The van der Waals surface area contributed by atoms with Crippen LogP contribution in [0.3, 0.4) is 0 Å². The van der Waals surface area contributed by atoms with Crippen molar-refractivity contribution in [3.63, 3.8) is 0 Å². The van der Waals surface area contributed by atoms with Crippen LogP contribution >= 0.6 is 0 Å². The van der Waals surface area contributed by atoms with Crippen molar-refractivity contribution in [2.75, 3.05) is 11.9 Å². The molecule has 8 heteroatoms. The Morgan fingerprint density at radius 2 is 1.84 bits per heavy atom. The van der Waals surface area contributed by atoms with Gasteiger partial charge in [-0.3, -0.25) is 14.5 Å². The van der Waals surface area contributed by atoms with Crippen molar-refractivity contribution in [1.29, 1.82) is 0 Å². The molecule has 1 heterocycles. The molecule has 25 heavy (non-hydrogen) atoms. The Bertz CT molecular complexity index is 688. The van der Waals surface area contributed by atoms with Crippen molar-refractivity contribution in [3.05, 3.63) is 29.8 Å². The van der Waals surface area contributed by atoms with Crippen LogP contribution in [0.5, 0.6) is 0 Å². The number of nitrogens with one attached hydrogen (secondary N) is 2. The third kappa shape index (κ3) is 3.94. The number of hydrogen-bond acceptors (Lipinski definition) is 3. The number of halogens is 2. The predicted octanol–water partition coefficient (Wildman–Crippen LogP) is 2.79. The van der Waals surface area contributed by atoms with E-state index in [0.717, 1.165) is 23.1 Å². The SMILES string of the molecule is CCCC1(CCC)NC(=O)N(CC(=O)Nc2cc(F)ccc2F)C1=O. The second-order valence-corrected chi connectivity index (χ2v) is 6.08. The first kappa shape index (κ1) is 18.8. The van der Waals surface area contributed by atoms with Gasteiger partial charge in [0.15, 0.2) is 0 Å². The van der Waals surface area contributed by atoms with Crippen LogP contribution in [0.15, 0.2) is 18.2 Å². The van der Waals surface area contributed by atoms with Crippen molar-refractivity contribution in [3.8, 4) is 0 Å². The molecule has 6 nitrogen and oxygen atoms in total. The van der Waals surface area contributed by atoms with Crippen molar-refractivity contribution < 1.29 is 23.2 Å². The van der Waals surface area contributed by atoms with Gasteiger partial charge in [0.05, 0.1) is 5.69 Å². The number of hydrogen-bond donors (Lipinski definition) is 2. The average molecular weight is 353 g/mol. The smallest absolute Gasteiger partial charge is 0.323 e. The molecule has 1 saturated heterocycles. The molecular formula is C17H21F2N3O3. The molecule has 1 fully saturated rings. The number of carbonyl (C=O) groups excluding carboxylic acids is 3. The fourth-order valence-electron chi connectivity index (χ4n) is 3.06. The normalized spacial score (nSPS) is 16.1. The molecule has 0 spiro atoms. The first-order valence-corrected chi connectivity index (χ1v) is 8.22. The van der Waals surface area contributed by atoms with Crippen LogP contribution in [0.2, 0.25) is 0 Å². The second-order valence-electron chi connectivity index (χ2n) is 6.08. The highest BCUT2D eigenvalue weighted by molar-refractivity contribution is 6.10. The van der Waals surface area contributed by atoms with E-state index in [1.54, 1.807) is 0 Å². The van der Waals surface area contributed by atoms with Crippen LogP contribution in [-0.2, 0) is 9.59 Å². The number of benzene rings is 1. The third-order valence-electron chi connectivity index (χ3n) is 4.10. The maximum Gasteiger partial charge on any atom is 0.325 e. The molecule has 1 aromatic rings. The van der Waals surface area contributed by atoms with Crippen molar-refractivity contribution >= 4 is 23.5 Å². The first-order chi connectivity index (χ1) is 11.8. The van der Waals surface area contributed by atoms with E-state index in [9.17, 15) is 23.2 Å². The molecule has 0 radical (unpaired) electrons. The lowest BCUT2D eigenvalue weighted by Gasteiger charge is -2.25. The minimum atomic E-state index is -0.995. The molecule has 1 aliphatic rings. The van der Waals surface area contributed by atoms with Gasteiger partial charge in [0.2, 0.25) is 5.91 Å². The summed E-state index contributed by atoms with van der Waals surface area (Å²) in [7, 11) is 0. The largest absolute Gasteiger partial charge is 0.325 e. The maximum absolute atomic E-state index is 13.6. The fourth-order valence-corrected chi connectivity index (χ4v) is 3.06. The molecule has 2 N–H and O–H groups in total. The Morgan fingerprint density at radius 1 is 1.20 bits per heavy atom. The summed E-state index contributed by atoms with van der Waals surface area (Å²) in [6, 6.07) is 1.98. The Hall–Kier alpha value is -2.51. The lowest BCUT2D eigenvalue weighted by atomic mass is 9.88. The summed E-state index contributed by atoms with van der Waals surface area (Å²) in [6.07, 6.45) is 2.34. The van der Waals surface area contributed by atoms with Crippen LogP contribution in [0.4, 0.5) is 19.3 Å². The van der Waals surface area contributed by atoms with Gasteiger partial charge in [-0.25, -0.2) is 13.6 Å². The fraction of sp³-hybridized carbons (Fsp3) is 0.471. The Morgan fingerprint density at radius 3 is 2.44 bits per heavy atom. The molecule has 0 aromatic heterocycles. The van der Waals surface area contributed by atoms with E-state index >= 15 is 0 Å². The van der Waals surface area contributed by atoms with Gasteiger partial charge in [0.1, 0.15) is 23.7 Å². The summed E-state index contributed by atoms with van der Waals surface area (Å²) >= 11 is 0. The summed E-state index contributed by atoms with van der Waals surface area (Å²) < 4.78 is 26.7. The van der Waals surface area contributed by atoms with Gasteiger partial charge in [0, 0.05) is 6.07 Å². The van der Waals surface area contributed by atoms with E-state index < -0.39 is 41.6 Å². The highest BCUT2D eigenvalue weighted by Gasteiger charge is 2.50. The molecule has 0 unspecified atom stereocenters. The molecule has 136 valence electrons. The molecule has 0 bridgehead atoms. The van der Waals surface area contributed by atoms with Crippen LogP contribution < -0.4 is 10.6 Å². The van der Waals surface area contributed by atoms with E-state index in [-0.39, 0.29) is 5.69 Å². The van der Waals surface area contributed by atoms with Crippen LogP contribution in [0.25, 0.3) is 0 Å². The molecule has 0 aliphatic carbocycles. The Balaban J connectivity index is 2.11. The van der Waals surface area contributed by atoms with Gasteiger partial charge in [-0.1, -0.05) is 26.7 Å². The number of anilines is 1. The lowest BCUT2D eigenvalue weighted by molar-refractivity contribution is -0.134. The zero-order valence-electron chi connectivity index (χ0n) is 14.2. The molecule has 0 saturated carbocycles. The summed E-state index contributed by atoms with van der Waals surface area (Å²) in [5.74, 6) is -2.76. The van der Waals surface area contributed by atoms with Crippen molar-refractivity contribution in [1.82, 2.24) is 10.2 Å². The van der Waals surface area contributed by atoms with Crippen molar-refractivity contribution in [2.24, 2.45) is 0 Å². The standard InChI is InChI=1S/C17H21F2N3O3/c1-3-7-17(8-4-2)15(24)22(16(25)21-17)10-14(23)20-13-9-11(18)5-6-12(13)19/h5-6,9H,3-4,7-8,10H2,1-2H3,(H,20,23)(H,21,25). The monoisotopic (exact) mass is 353 g/mol. The summed E-state index contributed by atoms with van der Waals surface area (Å²) in [5.41, 5.74) is -1.34. The number of amides is 4. The number of nitrogens with zero attached hydrogens (tertiary/aromatic N) is 1. The van der Waals surface area contributed by atoms with Crippen LogP contribution in [0, 0.1) is 11.6 Å². The lowest BCUT2D eigenvalue weighted by Crippen LogP contribution is -2.47. The van der Waals surface area contributed by atoms with Crippen molar-refractivity contribution in [2.45, 2.75) is 45.1 Å². The zero-order valence-corrected chi connectivity index (χ0v) is 14.2. The summed E-state index contributed by atoms with van der Waals surface area (Å²) in [4.78, 5) is 37.7. The van der Waals surface area contributed by atoms with Gasteiger partial charge >= 0.3 is 6.03 Å². The van der Waals surface area contributed by atoms with E-state index in [1.807, 2.05) is 13.8 Å². The quantitative estimate of drug-likeness (QED) is 0.740. The Kier molecular flexibility index (Phi) is 5.71. The summed E-state index contributed by atoms with van der Waals surface area (Å²) in [6.45, 7) is 3.24. The summed E-state index contributed by atoms with van der Waals surface area (Å²) in [5, 5.41) is 4.86. The topological polar surface area (TPSA) is 78.5 Å². The molecule has 1 aromatic carbocycles. The molecule has 1 aliphatic heterocycles. The number of rotatable bonds is 7. The van der Waals surface area contributed by atoms with E-state index in [0.29, 0.717) is 25.7 Å². The highest BCUT2D eigenvalue weighted by atomic mass is 19.1. The minimum absolute atomic E-state index is 0.342. The Labute approximate surface area is 144 Å². The predicted molar refractivity (Wildman–Crippen MR) is 87.8 cm³/mol. The number of urea groups is 1.